The van der Waals surface area contributed by atoms with E-state index < -0.39 is 56.4 Å². The Bertz CT molecular complexity index is 1580. The van der Waals surface area contributed by atoms with Crippen molar-refractivity contribution in [1.29, 1.82) is 0 Å². The highest BCUT2D eigenvalue weighted by Gasteiger charge is 2.60. The fourth-order valence-corrected chi connectivity index (χ4v) is 7.68. The number of non-ortho nitro benzene ring substituents is 3. The van der Waals surface area contributed by atoms with Crippen LogP contribution in [0.4, 0.5) is 34.1 Å². The molecule has 0 heterocycles. The molecule has 0 radical (unpaired) electrons. The normalized spacial score (nSPS) is 17.5. The van der Waals surface area contributed by atoms with E-state index in [-0.39, 0.29) is 30.1 Å². The first-order valence-electron chi connectivity index (χ1n) is 16.8. The monoisotopic (exact) mass is 694 g/mol. The van der Waals surface area contributed by atoms with Crippen LogP contribution in [0.25, 0.3) is 0 Å². The lowest BCUT2D eigenvalue weighted by molar-refractivity contribution is -0.385. The van der Waals surface area contributed by atoms with E-state index in [9.17, 15) is 45.7 Å². The third kappa shape index (κ3) is 8.29. The van der Waals surface area contributed by atoms with Crippen molar-refractivity contribution in [2.45, 2.75) is 82.5 Å². The SMILES string of the molecule is CCCC(Nc1ccc([N+](=O)[O-])cc1)C(O)C(CO)(C(C)CC(CO)Nc1ccc([N+](=O)[O-])cc1)C1(Nc2ccc([N+](=O)[O-])cc2)CCCC1. The molecule has 3 aromatic carbocycles. The van der Waals surface area contributed by atoms with Gasteiger partial charge in [-0.05, 0) is 68.0 Å². The number of anilines is 3. The van der Waals surface area contributed by atoms with Crippen LogP contribution in [-0.4, -0.2) is 67.0 Å². The van der Waals surface area contributed by atoms with E-state index in [0.29, 0.717) is 42.7 Å². The molecule has 15 nitrogen and oxygen atoms in total. The lowest BCUT2D eigenvalue weighted by Gasteiger charge is -2.57. The van der Waals surface area contributed by atoms with Gasteiger partial charge in [-0.25, -0.2) is 0 Å². The summed E-state index contributed by atoms with van der Waals surface area (Å²) in [5.41, 5.74) is -0.672. The van der Waals surface area contributed by atoms with Gasteiger partial charge < -0.3 is 31.3 Å². The zero-order valence-corrected chi connectivity index (χ0v) is 28.2. The molecular formula is C35H46N6O9. The Morgan fingerprint density at radius 3 is 1.60 bits per heavy atom. The minimum Gasteiger partial charge on any atom is -0.396 e. The zero-order valence-electron chi connectivity index (χ0n) is 28.2. The number of nitrogens with zero attached hydrogens (tertiary/aromatic N) is 3. The van der Waals surface area contributed by atoms with Crippen LogP contribution in [0.3, 0.4) is 0 Å². The van der Waals surface area contributed by atoms with Crippen molar-refractivity contribution in [3.8, 4) is 0 Å². The van der Waals surface area contributed by atoms with E-state index in [1.54, 1.807) is 36.4 Å². The number of nitro groups is 3. The van der Waals surface area contributed by atoms with Crippen molar-refractivity contribution in [3.05, 3.63) is 103 Å². The molecule has 0 bridgehead atoms. The maximum absolute atomic E-state index is 12.7. The number of hydrogen-bond donors (Lipinski definition) is 6. The Hall–Kier alpha value is -4.86. The highest BCUT2D eigenvalue weighted by Crippen LogP contribution is 2.54. The molecule has 1 aliphatic rings. The van der Waals surface area contributed by atoms with Crippen LogP contribution in [0.1, 0.15) is 58.8 Å². The molecule has 270 valence electrons. The van der Waals surface area contributed by atoms with Crippen LogP contribution in [0, 0.1) is 41.7 Å². The van der Waals surface area contributed by atoms with E-state index in [1.165, 1.54) is 36.4 Å². The van der Waals surface area contributed by atoms with Gasteiger partial charge in [0.05, 0.1) is 40.1 Å². The van der Waals surface area contributed by atoms with Gasteiger partial charge in [0, 0.05) is 70.5 Å². The van der Waals surface area contributed by atoms with Gasteiger partial charge in [-0.1, -0.05) is 33.1 Å². The molecule has 1 saturated carbocycles. The Morgan fingerprint density at radius 1 is 0.760 bits per heavy atom. The van der Waals surface area contributed by atoms with E-state index >= 15 is 0 Å². The Kier molecular flexibility index (Phi) is 12.7. The molecule has 50 heavy (non-hydrogen) atoms. The Balaban J connectivity index is 1.77. The molecule has 0 spiro atoms. The maximum atomic E-state index is 12.7. The molecule has 1 aliphatic carbocycles. The van der Waals surface area contributed by atoms with Crippen LogP contribution in [0.2, 0.25) is 0 Å². The van der Waals surface area contributed by atoms with Gasteiger partial charge in [-0.3, -0.25) is 30.3 Å². The van der Waals surface area contributed by atoms with Gasteiger partial charge in [-0.2, -0.15) is 0 Å². The van der Waals surface area contributed by atoms with Gasteiger partial charge in [0.25, 0.3) is 17.1 Å². The molecule has 15 heteroatoms. The smallest absolute Gasteiger partial charge is 0.269 e. The molecule has 0 aromatic heterocycles. The van der Waals surface area contributed by atoms with Gasteiger partial charge >= 0.3 is 0 Å². The molecule has 0 saturated heterocycles. The van der Waals surface area contributed by atoms with Crippen LogP contribution >= 0.6 is 0 Å². The minimum absolute atomic E-state index is 0.0729. The number of nitrogens with one attached hydrogen (secondary N) is 3. The molecular weight excluding hydrogens is 648 g/mol. The van der Waals surface area contributed by atoms with Gasteiger partial charge in [0.1, 0.15) is 0 Å². The molecule has 5 atom stereocenters. The number of hydrogen-bond acceptors (Lipinski definition) is 12. The van der Waals surface area contributed by atoms with Crippen LogP contribution in [0.5, 0.6) is 0 Å². The summed E-state index contributed by atoms with van der Waals surface area (Å²) in [5.74, 6) is -0.466. The standard InChI is InChI=1S/C35H46N6O9/c1-3-6-32(37-26-9-15-30(16-10-26)40(47)48)33(44)35(23-43,24(2)21-28(22-42)36-25-7-13-29(14-8-25)39(45)46)34(19-4-5-20-34)38-27-11-17-31(18-12-27)41(49)50/h7-18,24,28,32-33,36-38,42-44H,3-6,19-23H2,1-2H3. The third-order valence-electron chi connectivity index (χ3n) is 10.2. The predicted molar refractivity (Wildman–Crippen MR) is 190 cm³/mol. The van der Waals surface area contributed by atoms with Crippen molar-refractivity contribution in [2.75, 3.05) is 29.2 Å². The summed E-state index contributed by atoms with van der Waals surface area (Å²) >= 11 is 0. The van der Waals surface area contributed by atoms with E-state index in [2.05, 4.69) is 16.0 Å². The average molecular weight is 695 g/mol. The first-order chi connectivity index (χ1) is 23.9. The number of rotatable bonds is 19. The van der Waals surface area contributed by atoms with E-state index in [4.69, 9.17) is 0 Å². The lowest BCUT2D eigenvalue weighted by atomic mass is 9.56. The number of aliphatic hydroxyl groups is 3. The fraction of sp³-hybridized carbons (Fsp3) is 0.486. The molecule has 1 fully saturated rings. The topological polar surface area (TPSA) is 226 Å². The second-order valence-corrected chi connectivity index (χ2v) is 13.2. The first-order valence-corrected chi connectivity index (χ1v) is 16.8. The van der Waals surface area contributed by atoms with Crippen LogP contribution in [0.15, 0.2) is 72.8 Å². The van der Waals surface area contributed by atoms with E-state index in [0.717, 1.165) is 12.8 Å². The summed E-state index contributed by atoms with van der Waals surface area (Å²) in [6, 6.07) is 16.6. The van der Waals surface area contributed by atoms with Crippen molar-refractivity contribution in [1.82, 2.24) is 0 Å². The summed E-state index contributed by atoms with van der Waals surface area (Å²) < 4.78 is 0. The maximum Gasteiger partial charge on any atom is 0.269 e. The fourth-order valence-electron chi connectivity index (χ4n) is 7.68. The molecule has 0 amide bonds. The molecule has 0 aliphatic heterocycles. The van der Waals surface area contributed by atoms with Gasteiger partial charge in [-0.15, -0.1) is 0 Å². The highest BCUT2D eigenvalue weighted by atomic mass is 16.6. The van der Waals surface area contributed by atoms with Gasteiger partial charge in [0.15, 0.2) is 0 Å². The lowest BCUT2D eigenvalue weighted by Crippen LogP contribution is -2.67. The van der Waals surface area contributed by atoms with Gasteiger partial charge in [0.2, 0.25) is 0 Å². The van der Waals surface area contributed by atoms with Crippen molar-refractivity contribution in [3.63, 3.8) is 0 Å². The quantitative estimate of drug-likeness (QED) is 0.0604. The second kappa shape index (κ2) is 16.7. The molecule has 6 N–H and O–H groups in total. The highest BCUT2D eigenvalue weighted by molar-refractivity contribution is 5.53. The molecule has 3 aromatic rings. The average Bonchev–Trinajstić information content (AvgIpc) is 3.58. The van der Waals surface area contributed by atoms with Crippen LogP contribution in [-0.2, 0) is 0 Å². The van der Waals surface area contributed by atoms with Crippen LogP contribution < -0.4 is 16.0 Å². The molecule has 5 unspecified atom stereocenters. The summed E-state index contributed by atoms with van der Waals surface area (Å²) in [7, 11) is 0. The largest absolute Gasteiger partial charge is 0.396 e. The van der Waals surface area contributed by atoms with Crippen molar-refractivity contribution in [2.24, 2.45) is 11.3 Å². The summed E-state index contributed by atoms with van der Waals surface area (Å²) in [6.45, 7) is 3.14. The van der Waals surface area contributed by atoms with Crippen molar-refractivity contribution < 1.29 is 30.1 Å². The first kappa shape index (κ1) is 38.0. The van der Waals surface area contributed by atoms with E-state index in [1.807, 2.05) is 13.8 Å². The van der Waals surface area contributed by atoms with Crippen molar-refractivity contribution >= 4 is 34.1 Å². The molecule has 4 rings (SSSR count). The third-order valence-corrected chi connectivity index (χ3v) is 10.2. The predicted octanol–water partition coefficient (Wildman–Crippen LogP) is 6.26. The number of benzene rings is 3. The summed E-state index contributed by atoms with van der Waals surface area (Å²) in [4.78, 5) is 32.3. The second-order valence-electron chi connectivity index (χ2n) is 13.2. The Morgan fingerprint density at radius 2 is 1.20 bits per heavy atom. The minimum atomic E-state index is -1.26. The number of aliphatic hydroxyl groups excluding tert-OH is 3. The summed E-state index contributed by atoms with van der Waals surface area (Å²) in [6.07, 6.45) is 2.97. The Labute approximate surface area is 290 Å². The zero-order chi connectivity index (χ0) is 36.5. The summed E-state index contributed by atoms with van der Waals surface area (Å²) in [5, 5.41) is 78.9. The number of nitro benzene ring substituents is 3.